The van der Waals surface area contributed by atoms with Crippen LogP contribution in [0, 0.1) is 6.92 Å². The fraction of sp³-hybridized carbons (Fsp3) is 0.833. The van der Waals surface area contributed by atoms with Gasteiger partial charge in [-0.15, -0.1) is 34.2 Å². The van der Waals surface area contributed by atoms with Crippen LogP contribution in [0.5, 0.6) is 0 Å². The van der Waals surface area contributed by atoms with Gasteiger partial charge in [0.1, 0.15) is 12.4 Å². The van der Waals surface area contributed by atoms with E-state index in [9.17, 15) is 0 Å². The zero-order valence-corrected chi connectivity index (χ0v) is 19.9. The number of likely N-dealkylation sites (N-methyl/N-ethyl adjacent to an activating group) is 1. The van der Waals surface area contributed by atoms with Gasteiger partial charge in [0.25, 0.3) is 0 Å². The van der Waals surface area contributed by atoms with Crippen molar-refractivity contribution in [2.24, 2.45) is 12.0 Å². The molecule has 0 radical (unpaired) electrons. The van der Waals surface area contributed by atoms with Crippen molar-refractivity contribution in [2.45, 2.75) is 58.2 Å². The molecule has 7 nitrogen and oxygen atoms in total. The number of thioether (sulfide) groups is 1. The first-order chi connectivity index (χ1) is 12.7. The van der Waals surface area contributed by atoms with Crippen molar-refractivity contribution < 1.29 is 0 Å². The normalized spacial score (nSPS) is 23.9. The molecule has 0 aliphatic carbocycles. The lowest BCUT2D eigenvalue weighted by atomic mass is 10.2. The molecule has 0 bridgehead atoms. The van der Waals surface area contributed by atoms with Gasteiger partial charge < -0.3 is 15.2 Å². The molecule has 3 heterocycles. The van der Waals surface area contributed by atoms with Gasteiger partial charge in [0, 0.05) is 31.4 Å². The number of rotatable bonds is 6. The molecule has 3 rings (SSSR count). The third-order valence-electron chi connectivity index (χ3n) is 5.47. The van der Waals surface area contributed by atoms with Crippen molar-refractivity contribution in [3.8, 4) is 0 Å². The standard InChI is InChI=1S/C18H33N7S.HI/c1-4-25-9-5-8-16(25)11-19-18(21-15-7-6-10-26-13-15)20-12-17-23-22-14(2)24(17)3;/h15-16H,4-13H2,1-3H3,(H2,19,20,21);1H. The maximum Gasteiger partial charge on any atom is 0.192 e. The number of hydrogen-bond donors (Lipinski definition) is 2. The van der Waals surface area contributed by atoms with E-state index >= 15 is 0 Å². The van der Waals surface area contributed by atoms with E-state index in [1.807, 2.05) is 30.3 Å². The average molecular weight is 507 g/mol. The Morgan fingerprint density at radius 1 is 1.30 bits per heavy atom. The van der Waals surface area contributed by atoms with Gasteiger partial charge in [-0.1, -0.05) is 6.92 Å². The molecular weight excluding hydrogens is 473 g/mol. The van der Waals surface area contributed by atoms with Crippen molar-refractivity contribution in [1.82, 2.24) is 30.3 Å². The molecule has 0 amide bonds. The zero-order chi connectivity index (χ0) is 18.4. The Morgan fingerprint density at radius 2 is 2.15 bits per heavy atom. The predicted molar refractivity (Wildman–Crippen MR) is 124 cm³/mol. The third kappa shape index (κ3) is 6.49. The molecule has 0 aromatic carbocycles. The van der Waals surface area contributed by atoms with Crippen LogP contribution < -0.4 is 10.6 Å². The molecule has 0 spiro atoms. The summed E-state index contributed by atoms with van der Waals surface area (Å²) in [6.45, 7) is 8.08. The van der Waals surface area contributed by atoms with Gasteiger partial charge in [0.15, 0.2) is 11.8 Å². The summed E-state index contributed by atoms with van der Waals surface area (Å²) in [6, 6.07) is 1.12. The van der Waals surface area contributed by atoms with Gasteiger partial charge in [-0.25, -0.2) is 4.99 Å². The lowest BCUT2D eigenvalue weighted by Gasteiger charge is -2.27. The van der Waals surface area contributed by atoms with Crippen LogP contribution in [0.3, 0.4) is 0 Å². The van der Waals surface area contributed by atoms with E-state index in [4.69, 9.17) is 4.99 Å². The van der Waals surface area contributed by atoms with E-state index in [0.717, 1.165) is 36.5 Å². The molecule has 2 aliphatic heterocycles. The highest BCUT2D eigenvalue weighted by molar-refractivity contribution is 14.0. The SMILES string of the molecule is CCN1CCCC1CNC(=NCc1nnc(C)n1C)NC1CCCSC1.I. The lowest BCUT2D eigenvalue weighted by molar-refractivity contribution is 0.266. The summed E-state index contributed by atoms with van der Waals surface area (Å²) >= 11 is 2.03. The first-order valence-corrected chi connectivity index (χ1v) is 11.0. The molecule has 2 saturated heterocycles. The molecule has 2 aliphatic rings. The van der Waals surface area contributed by atoms with Crippen LogP contribution in [0.15, 0.2) is 4.99 Å². The highest BCUT2D eigenvalue weighted by Crippen LogP contribution is 2.17. The van der Waals surface area contributed by atoms with E-state index in [2.05, 4.69) is 32.7 Å². The quantitative estimate of drug-likeness (QED) is 0.350. The van der Waals surface area contributed by atoms with Gasteiger partial charge in [-0.3, -0.25) is 4.90 Å². The fourth-order valence-electron chi connectivity index (χ4n) is 3.70. The van der Waals surface area contributed by atoms with Gasteiger partial charge in [0.05, 0.1) is 0 Å². The highest BCUT2D eigenvalue weighted by atomic mass is 127. The van der Waals surface area contributed by atoms with Gasteiger partial charge in [0.2, 0.25) is 0 Å². The van der Waals surface area contributed by atoms with Crippen LogP contribution in [-0.2, 0) is 13.6 Å². The fourth-order valence-corrected chi connectivity index (χ4v) is 4.77. The first-order valence-electron chi connectivity index (χ1n) is 9.89. The molecule has 2 atom stereocenters. The number of aryl methyl sites for hydroxylation is 1. The van der Waals surface area contributed by atoms with E-state index in [1.165, 1.54) is 38.0 Å². The Hall–Kier alpha value is -0.550. The second kappa shape index (κ2) is 11.5. The molecule has 1 aromatic heterocycles. The summed E-state index contributed by atoms with van der Waals surface area (Å²) in [7, 11) is 2.00. The van der Waals surface area contributed by atoms with Crippen molar-refractivity contribution in [2.75, 3.05) is 31.1 Å². The minimum atomic E-state index is 0. The van der Waals surface area contributed by atoms with Crippen molar-refractivity contribution >= 4 is 41.7 Å². The molecule has 27 heavy (non-hydrogen) atoms. The smallest absolute Gasteiger partial charge is 0.192 e. The summed E-state index contributed by atoms with van der Waals surface area (Å²) in [5.74, 6) is 5.18. The van der Waals surface area contributed by atoms with E-state index in [0.29, 0.717) is 18.6 Å². The molecule has 2 unspecified atom stereocenters. The largest absolute Gasteiger partial charge is 0.355 e. The monoisotopic (exact) mass is 507 g/mol. The maximum absolute atomic E-state index is 4.82. The van der Waals surface area contributed by atoms with Crippen LogP contribution in [0.1, 0.15) is 44.3 Å². The van der Waals surface area contributed by atoms with Crippen LogP contribution in [-0.4, -0.2) is 68.8 Å². The number of likely N-dealkylation sites (tertiary alicyclic amines) is 1. The molecule has 154 valence electrons. The minimum absolute atomic E-state index is 0. The molecule has 9 heteroatoms. The summed E-state index contributed by atoms with van der Waals surface area (Å²) in [5, 5.41) is 15.6. The number of hydrogen-bond acceptors (Lipinski definition) is 5. The van der Waals surface area contributed by atoms with E-state index in [-0.39, 0.29) is 24.0 Å². The molecular formula is C18H34IN7S. The number of halogens is 1. The van der Waals surface area contributed by atoms with Crippen LogP contribution in [0.2, 0.25) is 0 Å². The van der Waals surface area contributed by atoms with Gasteiger partial charge >= 0.3 is 0 Å². The maximum atomic E-state index is 4.82. The van der Waals surface area contributed by atoms with Crippen LogP contribution in [0.25, 0.3) is 0 Å². The van der Waals surface area contributed by atoms with E-state index < -0.39 is 0 Å². The molecule has 2 N–H and O–H groups in total. The number of aliphatic imine (C=N–C) groups is 1. The molecule has 0 saturated carbocycles. The highest BCUT2D eigenvalue weighted by Gasteiger charge is 2.23. The second-order valence-corrected chi connectivity index (χ2v) is 8.40. The number of aromatic nitrogens is 3. The van der Waals surface area contributed by atoms with E-state index in [1.54, 1.807) is 0 Å². The van der Waals surface area contributed by atoms with Crippen molar-refractivity contribution in [1.29, 1.82) is 0 Å². The first kappa shape index (κ1) is 22.7. The zero-order valence-electron chi connectivity index (χ0n) is 16.8. The molecule has 2 fully saturated rings. The summed E-state index contributed by atoms with van der Waals surface area (Å²) in [4.78, 5) is 7.38. The Labute approximate surface area is 184 Å². The van der Waals surface area contributed by atoms with Crippen molar-refractivity contribution in [3.05, 3.63) is 11.6 Å². The van der Waals surface area contributed by atoms with Crippen LogP contribution in [0.4, 0.5) is 0 Å². The predicted octanol–water partition coefficient (Wildman–Crippen LogP) is 2.16. The van der Waals surface area contributed by atoms with Crippen molar-refractivity contribution in [3.63, 3.8) is 0 Å². The number of guanidine groups is 1. The number of nitrogens with zero attached hydrogens (tertiary/aromatic N) is 5. The summed E-state index contributed by atoms with van der Waals surface area (Å²) < 4.78 is 2.01. The molecule has 1 aromatic rings. The Balaban J connectivity index is 0.00000261. The minimum Gasteiger partial charge on any atom is -0.355 e. The summed E-state index contributed by atoms with van der Waals surface area (Å²) in [5.41, 5.74) is 0. The van der Waals surface area contributed by atoms with Gasteiger partial charge in [-0.05, 0) is 51.4 Å². The van der Waals surface area contributed by atoms with Crippen LogP contribution >= 0.6 is 35.7 Å². The lowest BCUT2D eigenvalue weighted by Crippen LogP contribution is -2.49. The third-order valence-corrected chi connectivity index (χ3v) is 6.69. The summed E-state index contributed by atoms with van der Waals surface area (Å²) in [6.07, 6.45) is 5.08. The second-order valence-electron chi connectivity index (χ2n) is 7.25. The Morgan fingerprint density at radius 3 is 2.81 bits per heavy atom. The average Bonchev–Trinajstić information content (AvgIpc) is 3.25. The topological polar surface area (TPSA) is 70.4 Å². The van der Waals surface area contributed by atoms with Gasteiger partial charge in [-0.2, -0.15) is 11.8 Å². The Kier molecular flexibility index (Phi) is 9.64. The Bertz CT molecular complexity index is 601. The number of nitrogens with one attached hydrogen (secondary N) is 2.